The SMILES string of the molecule is CCS(=O)(=O)Nc1cc2n(n1)CCC(C)=C2. The number of fused-ring (bicyclic) bond motifs is 1. The molecule has 1 aliphatic heterocycles. The molecule has 0 aliphatic carbocycles. The fourth-order valence-corrected chi connectivity index (χ4v) is 2.18. The second kappa shape index (κ2) is 3.93. The molecule has 6 heteroatoms. The summed E-state index contributed by atoms with van der Waals surface area (Å²) < 4.78 is 27.0. The molecular formula is C10H15N3O2S. The van der Waals surface area contributed by atoms with Crippen LogP contribution in [0.25, 0.3) is 6.08 Å². The van der Waals surface area contributed by atoms with Crippen LogP contribution in [0.1, 0.15) is 26.0 Å². The van der Waals surface area contributed by atoms with Gasteiger partial charge in [-0.05, 0) is 26.3 Å². The summed E-state index contributed by atoms with van der Waals surface area (Å²) in [4.78, 5) is 0. The predicted molar refractivity (Wildman–Crippen MR) is 63.6 cm³/mol. The maximum atomic E-state index is 11.4. The van der Waals surface area contributed by atoms with Crippen molar-refractivity contribution in [3.63, 3.8) is 0 Å². The number of allylic oxidation sites excluding steroid dienone is 1. The molecule has 0 saturated carbocycles. The van der Waals surface area contributed by atoms with Gasteiger partial charge < -0.3 is 0 Å². The second-order valence-corrected chi connectivity index (χ2v) is 5.93. The lowest BCUT2D eigenvalue weighted by atomic mass is 10.1. The van der Waals surface area contributed by atoms with Gasteiger partial charge in [-0.1, -0.05) is 5.57 Å². The van der Waals surface area contributed by atoms with E-state index in [1.165, 1.54) is 5.57 Å². The first-order chi connectivity index (χ1) is 7.50. The summed E-state index contributed by atoms with van der Waals surface area (Å²) in [7, 11) is -3.23. The lowest BCUT2D eigenvalue weighted by Gasteiger charge is -2.10. The summed E-state index contributed by atoms with van der Waals surface area (Å²) in [5.74, 6) is 0.465. The van der Waals surface area contributed by atoms with Gasteiger partial charge in [0.2, 0.25) is 10.0 Å². The van der Waals surface area contributed by atoms with Crippen LogP contribution >= 0.6 is 0 Å². The van der Waals surface area contributed by atoms with Crippen molar-refractivity contribution in [3.8, 4) is 0 Å². The summed E-state index contributed by atoms with van der Waals surface area (Å²) in [6, 6.07) is 1.76. The number of hydrogen-bond acceptors (Lipinski definition) is 3. The van der Waals surface area contributed by atoms with Crippen LogP contribution in [0.2, 0.25) is 0 Å². The maximum absolute atomic E-state index is 11.4. The molecule has 0 unspecified atom stereocenters. The Labute approximate surface area is 95.2 Å². The molecular weight excluding hydrogens is 226 g/mol. The molecule has 0 radical (unpaired) electrons. The Morgan fingerprint density at radius 3 is 3.00 bits per heavy atom. The zero-order valence-corrected chi connectivity index (χ0v) is 10.2. The Bertz CT molecular complexity index is 528. The molecule has 1 aromatic rings. The number of rotatable bonds is 3. The van der Waals surface area contributed by atoms with Gasteiger partial charge in [0.15, 0.2) is 5.82 Å². The molecule has 5 nitrogen and oxygen atoms in total. The third kappa shape index (κ3) is 2.27. The number of sulfonamides is 1. The zero-order chi connectivity index (χ0) is 11.8. The molecule has 1 aliphatic rings. The molecule has 0 bridgehead atoms. The predicted octanol–water partition coefficient (Wildman–Crippen LogP) is 1.45. The highest BCUT2D eigenvalue weighted by Gasteiger charge is 2.14. The van der Waals surface area contributed by atoms with Crippen LogP contribution in [0.4, 0.5) is 5.82 Å². The van der Waals surface area contributed by atoms with E-state index in [-0.39, 0.29) is 5.75 Å². The van der Waals surface area contributed by atoms with E-state index in [0.717, 1.165) is 18.7 Å². The number of nitrogens with zero attached hydrogens (tertiary/aromatic N) is 2. The highest BCUT2D eigenvalue weighted by atomic mass is 32.2. The number of anilines is 1. The minimum absolute atomic E-state index is 0.0596. The fourth-order valence-electron chi connectivity index (χ4n) is 1.61. The van der Waals surface area contributed by atoms with Gasteiger partial charge in [0.25, 0.3) is 0 Å². The van der Waals surface area contributed by atoms with Crippen molar-refractivity contribution in [1.82, 2.24) is 9.78 Å². The van der Waals surface area contributed by atoms with Gasteiger partial charge in [0, 0.05) is 12.6 Å². The van der Waals surface area contributed by atoms with E-state index < -0.39 is 10.0 Å². The van der Waals surface area contributed by atoms with Gasteiger partial charge in [-0.25, -0.2) is 8.42 Å². The van der Waals surface area contributed by atoms with Gasteiger partial charge in [0.1, 0.15) is 0 Å². The van der Waals surface area contributed by atoms with Crippen molar-refractivity contribution in [1.29, 1.82) is 0 Å². The molecule has 0 atom stereocenters. The van der Waals surface area contributed by atoms with E-state index in [1.807, 2.05) is 10.8 Å². The average molecular weight is 241 g/mol. The van der Waals surface area contributed by atoms with Gasteiger partial charge >= 0.3 is 0 Å². The third-order valence-corrected chi connectivity index (χ3v) is 3.84. The molecule has 0 spiro atoms. The molecule has 0 saturated heterocycles. The van der Waals surface area contributed by atoms with Gasteiger partial charge in [-0.3, -0.25) is 9.40 Å². The number of nitrogens with one attached hydrogen (secondary N) is 1. The smallest absolute Gasteiger partial charge is 0.233 e. The summed E-state index contributed by atoms with van der Waals surface area (Å²) in [5, 5.41) is 4.20. The highest BCUT2D eigenvalue weighted by Crippen LogP contribution is 2.20. The van der Waals surface area contributed by atoms with Crippen LogP contribution in [-0.4, -0.2) is 24.0 Å². The molecule has 0 aromatic carbocycles. The minimum Gasteiger partial charge on any atom is -0.266 e. The van der Waals surface area contributed by atoms with Crippen LogP contribution < -0.4 is 4.72 Å². The first-order valence-electron chi connectivity index (χ1n) is 5.25. The van der Waals surface area contributed by atoms with E-state index >= 15 is 0 Å². The Hall–Kier alpha value is -1.30. The van der Waals surface area contributed by atoms with Crippen LogP contribution in [0.5, 0.6) is 0 Å². The van der Waals surface area contributed by atoms with Crippen LogP contribution in [-0.2, 0) is 16.6 Å². The van der Waals surface area contributed by atoms with Crippen LogP contribution in [0.15, 0.2) is 11.6 Å². The Morgan fingerprint density at radius 1 is 1.56 bits per heavy atom. The van der Waals surface area contributed by atoms with Crippen molar-refractivity contribution >= 4 is 21.9 Å². The number of aryl methyl sites for hydroxylation is 1. The van der Waals surface area contributed by atoms with E-state index in [9.17, 15) is 8.42 Å². The summed E-state index contributed by atoms with van der Waals surface area (Å²) >= 11 is 0. The van der Waals surface area contributed by atoms with Crippen molar-refractivity contribution in [2.24, 2.45) is 0 Å². The largest absolute Gasteiger partial charge is 0.266 e. The highest BCUT2D eigenvalue weighted by molar-refractivity contribution is 7.92. The van der Waals surface area contributed by atoms with E-state index in [2.05, 4.69) is 16.7 Å². The Kier molecular flexibility index (Phi) is 2.75. The zero-order valence-electron chi connectivity index (χ0n) is 9.40. The number of aromatic nitrogens is 2. The molecule has 1 N–H and O–H groups in total. The van der Waals surface area contributed by atoms with Crippen LogP contribution in [0, 0.1) is 0 Å². The fraction of sp³-hybridized carbons (Fsp3) is 0.500. The summed E-state index contributed by atoms with van der Waals surface area (Å²) in [6.07, 6.45) is 2.99. The second-order valence-electron chi connectivity index (χ2n) is 3.92. The monoisotopic (exact) mass is 241 g/mol. The molecule has 88 valence electrons. The Balaban J connectivity index is 2.27. The van der Waals surface area contributed by atoms with Gasteiger partial charge in [-0.15, -0.1) is 0 Å². The molecule has 2 heterocycles. The van der Waals surface area contributed by atoms with E-state index in [1.54, 1.807) is 13.0 Å². The first kappa shape index (κ1) is 11.2. The van der Waals surface area contributed by atoms with Crippen LogP contribution in [0.3, 0.4) is 0 Å². The van der Waals surface area contributed by atoms with Crippen molar-refractivity contribution < 1.29 is 8.42 Å². The molecule has 1 aromatic heterocycles. The molecule has 0 fully saturated rings. The molecule has 2 rings (SSSR count). The van der Waals surface area contributed by atoms with Gasteiger partial charge in [-0.2, -0.15) is 5.10 Å². The maximum Gasteiger partial charge on any atom is 0.233 e. The summed E-state index contributed by atoms with van der Waals surface area (Å²) in [5.41, 5.74) is 2.25. The third-order valence-electron chi connectivity index (χ3n) is 2.56. The average Bonchev–Trinajstić information content (AvgIpc) is 2.58. The van der Waals surface area contributed by atoms with Crippen molar-refractivity contribution in [2.75, 3.05) is 10.5 Å². The molecule has 0 amide bonds. The quantitative estimate of drug-likeness (QED) is 0.871. The lowest BCUT2D eigenvalue weighted by Crippen LogP contribution is -2.15. The van der Waals surface area contributed by atoms with Crippen molar-refractivity contribution in [2.45, 2.75) is 26.8 Å². The molecule has 16 heavy (non-hydrogen) atoms. The normalized spacial score (nSPS) is 15.5. The lowest BCUT2D eigenvalue weighted by molar-refractivity contribution is 0.594. The minimum atomic E-state index is -3.23. The van der Waals surface area contributed by atoms with E-state index in [4.69, 9.17) is 0 Å². The number of hydrogen-bond donors (Lipinski definition) is 1. The van der Waals surface area contributed by atoms with Crippen molar-refractivity contribution in [3.05, 3.63) is 17.3 Å². The first-order valence-corrected chi connectivity index (χ1v) is 6.91. The van der Waals surface area contributed by atoms with Gasteiger partial charge in [0.05, 0.1) is 11.4 Å². The summed E-state index contributed by atoms with van der Waals surface area (Å²) in [6.45, 7) is 4.47. The standard InChI is InChI=1S/C10H15N3O2S/c1-3-16(14,15)12-10-7-9-6-8(2)4-5-13(9)11-10/h6-7H,3-5H2,1-2H3,(H,11,12). The Morgan fingerprint density at radius 2 is 2.31 bits per heavy atom. The topological polar surface area (TPSA) is 64.0 Å². The van der Waals surface area contributed by atoms with E-state index in [0.29, 0.717) is 5.82 Å².